The minimum Gasteiger partial charge on any atom is -0.462 e. The fourth-order valence-corrected chi connectivity index (χ4v) is 8.36. The lowest BCUT2D eigenvalue weighted by atomic mass is 9.99. The minimum atomic E-state index is -0.761. The zero-order chi connectivity index (χ0) is 44.5. The first kappa shape index (κ1) is 59.4. The lowest BCUT2D eigenvalue weighted by molar-refractivity contribution is -0.167. The maximum absolute atomic E-state index is 12.8. The Bertz CT molecular complexity index is 920. The number of esters is 3. The highest BCUT2D eigenvalue weighted by molar-refractivity contribution is 5.71. The molecule has 0 saturated heterocycles. The van der Waals surface area contributed by atoms with Gasteiger partial charge in [-0.3, -0.25) is 14.4 Å². The Morgan fingerprint density at radius 2 is 0.574 bits per heavy atom. The summed E-state index contributed by atoms with van der Waals surface area (Å²) in [5, 5.41) is 0. The van der Waals surface area contributed by atoms with Crippen LogP contribution >= 0.6 is 0 Å². The SMILES string of the molecule is CCCCCCCCCCCCCCCCCCCC(=O)OC[C@@H](COC(=O)CCCCCCCCCCCCCC)OC(=O)CCCCCCCCCCCCC(C)CC. The van der Waals surface area contributed by atoms with E-state index in [0.717, 1.165) is 63.7 Å². The van der Waals surface area contributed by atoms with Crippen LogP contribution in [0.4, 0.5) is 0 Å². The molecule has 0 spiro atoms. The molecule has 0 fully saturated rings. The molecule has 0 aromatic rings. The molecule has 0 heterocycles. The molecule has 6 nitrogen and oxygen atoms in total. The first-order valence-electron chi connectivity index (χ1n) is 27.4. The number of carbonyl (C=O) groups is 3. The maximum Gasteiger partial charge on any atom is 0.306 e. The second kappa shape index (κ2) is 49.4. The van der Waals surface area contributed by atoms with Gasteiger partial charge in [-0.15, -0.1) is 0 Å². The van der Waals surface area contributed by atoms with Gasteiger partial charge in [0.15, 0.2) is 6.10 Å². The van der Waals surface area contributed by atoms with Crippen LogP contribution in [0.25, 0.3) is 0 Å². The maximum atomic E-state index is 12.8. The van der Waals surface area contributed by atoms with Gasteiger partial charge in [0.1, 0.15) is 13.2 Å². The van der Waals surface area contributed by atoms with Crippen molar-refractivity contribution >= 4 is 17.9 Å². The normalized spacial score (nSPS) is 12.4. The minimum absolute atomic E-state index is 0.0625. The van der Waals surface area contributed by atoms with Gasteiger partial charge >= 0.3 is 17.9 Å². The summed E-state index contributed by atoms with van der Waals surface area (Å²) >= 11 is 0. The molecule has 0 bridgehead atoms. The summed E-state index contributed by atoms with van der Waals surface area (Å²) in [5.41, 5.74) is 0. The molecule has 362 valence electrons. The van der Waals surface area contributed by atoms with E-state index in [-0.39, 0.29) is 31.1 Å². The standard InChI is InChI=1S/C55H106O6/c1-5-8-10-12-14-16-18-20-21-22-23-24-26-31-35-39-43-47-54(57)60-50-52(49-59-53(56)46-42-38-34-30-25-19-17-15-13-11-9-6-2)61-55(58)48-44-40-36-32-28-27-29-33-37-41-45-51(4)7-3/h51-52H,5-50H2,1-4H3/t51?,52-/m1/s1. The van der Waals surface area contributed by atoms with Gasteiger partial charge in [-0.1, -0.05) is 272 Å². The van der Waals surface area contributed by atoms with E-state index >= 15 is 0 Å². The van der Waals surface area contributed by atoms with Crippen molar-refractivity contribution in [3.8, 4) is 0 Å². The topological polar surface area (TPSA) is 78.9 Å². The summed E-state index contributed by atoms with van der Waals surface area (Å²) in [7, 11) is 0. The van der Waals surface area contributed by atoms with E-state index in [1.807, 2.05) is 0 Å². The van der Waals surface area contributed by atoms with Gasteiger partial charge in [-0.05, 0) is 25.2 Å². The zero-order valence-corrected chi connectivity index (χ0v) is 41.6. The predicted molar refractivity (Wildman–Crippen MR) is 261 cm³/mol. The molecule has 2 atom stereocenters. The Morgan fingerprint density at radius 3 is 0.852 bits per heavy atom. The van der Waals surface area contributed by atoms with Crippen molar-refractivity contribution in [2.75, 3.05) is 13.2 Å². The summed E-state index contributed by atoms with van der Waals surface area (Å²) in [6.45, 7) is 9.06. The fraction of sp³-hybridized carbons (Fsp3) is 0.945. The van der Waals surface area contributed by atoms with Gasteiger partial charge in [-0.2, -0.15) is 0 Å². The third-order valence-electron chi connectivity index (χ3n) is 12.9. The van der Waals surface area contributed by atoms with Gasteiger partial charge < -0.3 is 14.2 Å². The second-order valence-corrected chi connectivity index (χ2v) is 19.1. The molecule has 0 aromatic carbocycles. The van der Waals surface area contributed by atoms with Crippen molar-refractivity contribution < 1.29 is 28.6 Å². The van der Waals surface area contributed by atoms with Crippen molar-refractivity contribution in [3.05, 3.63) is 0 Å². The molecule has 0 saturated carbocycles. The highest BCUT2D eigenvalue weighted by Crippen LogP contribution is 2.18. The molecule has 61 heavy (non-hydrogen) atoms. The summed E-state index contributed by atoms with van der Waals surface area (Å²) in [5.74, 6) is 0.0267. The molecule has 0 amide bonds. The third kappa shape index (κ3) is 47.7. The quantitative estimate of drug-likeness (QED) is 0.0344. The van der Waals surface area contributed by atoms with Gasteiger partial charge in [0.2, 0.25) is 0 Å². The van der Waals surface area contributed by atoms with Crippen LogP contribution in [0.15, 0.2) is 0 Å². The Hall–Kier alpha value is -1.59. The predicted octanol–water partition coefficient (Wildman–Crippen LogP) is 17.8. The van der Waals surface area contributed by atoms with Crippen molar-refractivity contribution in [2.45, 2.75) is 316 Å². The summed E-state index contributed by atoms with van der Waals surface area (Å²) in [4.78, 5) is 38.0. The van der Waals surface area contributed by atoms with Gasteiger partial charge in [-0.25, -0.2) is 0 Å². The third-order valence-corrected chi connectivity index (χ3v) is 12.9. The van der Waals surface area contributed by atoms with Crippen molar-refractivity contribution in [1.29, 1.82) is 0 Å². The Kier molecular flexibility index (Phi) is 48.1. The number of hydrogen-bond donors (Lipinski definition) is 0. The average Bonchev–Trinajstić information content (AvgIpc) is 3.26. The monoisotopic (exact) mass is 863 g/mol. The summed E-state index contributed by atoms with van der Waals surface area (Å²) in [6.07, 6.45) is 52.2. The van der Waals surface area contributed by atoms with E-state index in [0.29, 0.717) is 19.3 Å². The molecule has 0 radical (unpaired) electrons. The number of unbranched alkanes of at least 4 members (excludes halogenated alkanes) is 36. The van der Waals surface area contributed by atoms with Crippen molar-refractivity contribution in [2.24, 2.45) is 5.92 Å². The highest BCUT2D eigenvalue weighted by atomic mass is 16.6. The smallest absolute Gasteiger partial charge is 0.306 e. The Morgan fingerprint density at radius 1 is 0.328 bits per heavy atom. The van der Waals surface area contributed by atoms with Crippen LogP contribution in [0.2, 0.25) is 0 Å². The number of hydrogen-bond acceptors (Lipinski definition) is 6. The first-order valence-corrected chi connectivity index (χ1v) is 27.4. The largest absolute Gasteiger partial charge is 0.462 e. The van der Waals surface area contributed by atoms with E-state index in [1.165, 1.54) is 205 Å². The van der Waals surface area contributed by atoms with E-state index in [1.54, 1.807) is 0 Å². The van der Waals surface area contributed by atoms with E-state index in [9.17, 15) is 14.4 Å². The molecule has 0 rings (SSSR count). The van der Waals surface area contributed by atoms with Crippen LogP contribution in [-0.2, 0) is 28.6 Å². The van der Waals surface area contributed by atoms with Crippen LogP contribution in [0, 0.1) is 5.92 Å². The van der Waals surface area contributed by atoms with E-state index in [4.69, 9.17) is 14.2 Å². The van der Waals surface area contributed by atoms with Crippen LogP contribution in [0.1, 0.15) is 310 Å². The molecular weight excluding hydrogens is 757 g/mol. The number of carbonyl (C=O) groups excluding carboxylic acids is 3. The lowest BCUT2D eigenvalue weighted by Gasteiger charge is -2.18. The van der Waals surface area contributed by atoms with E-state index < -0.39 is 6.10 Å². The fourth-order valence-electron chi connectivity index (χ4n) is 8.36. The molecule has 0 aliphatic heterocycles. The van der Waals surface area contributed by atoms with Crippen LogP contribution in [-0.4, -0.2) is 37.2 Å². The van der Waals surface area contributed by atoms with Gasteiger partial charge in [0, 0.05) is 19.3 Å². The first-order chi connectivity index (χ1) is 29.9. The highest BCUT2D eigenvalue weighted by Gasteiger charge is 2.19. The van der Waals surface area contributed by atoms with E-state index in [2.05, 4.69) is 27.7 Å². The molecule has 1 unspecified atom stereocenters. The Labute approximate surface area is 380 Å². The summed E-state index contributed by atoms with van der Waals surface area (Å²) < 4.78 is 16.8. The number of ether oxygens (including phenoxy) is 3. The molecular formula is C55H106O6. The molecule has 0 aliphatic carbocycles. The molecule has 0 N–H and O–H groups in total. The van der Waals surface area contributed by atoms with Gasteiger partial charge in [0.25, 0.3) is 0 Å². The number of rotatable bonds is 50. The van der Waals surface area contributed by atoms with Crippen LogP contribution in [0.5, 0.6) is 0 Å². The lowest BCUT2D eigenvalue weighted by Crippen LogP contribution is -2.30. The van der Waals surface area contributed by atoms with Crippen molar-refractivity contribution in [3.63, 3.8) is 0 Å². The van der Waals surface area contributed by atoms with Crippen LogP contribution < -0.4 is 0 Å². The molecule has 0 aliphatic rings. The Balaban J connectivity index is 4.29. The van der Waals surface area contributed by atoms with Crippen molar-refractivity contribution in [1.82, 2.24) is 0 Å². The zero-order valence-electron chi connectivity index (χ0n) is 41.6. The van der Waals surface area contributed by atoms with Gasteiger partial charge in [0.05, 0.1) is 0 Å². The second-order valence-electron chi connectivity index (χ2n) is 19.1. The summed E-state index contributed by atoms with van der Waals surface area (Å²) in [6, 6.07) is 0. The average molecular weight is 863 g/mol. The molecule has 0 aromatic heterocycles. The molecule has 6 heteroatoms. The van der Waals surface area contributed by atoms with Crippen LogP contribution in [0.3, 0.4) is 0 Å².